The number of para-hydroxylation sites is 1. The zero-order valence-corrected chi connectivity index (χ0v) is 14.2. The number of nitrogens with one attached hydrogen (secondary N) is 2. The molecule has 0 aliphatic carbocycles. The van der Waals surface area contributed by atoms with Crippen molar-refractivity contribution in [2.45, 2.75) is 47.0 Å². The van der Waals surface area contributed by atoms with E-state index in [9.17, 15) is 0 Å². The maximum atomic E-state index is 4.52. The molecule has 0 amide bonds. The fraction of sp³-hybridized carbons (Fsp3) is 0.444. The van der Waals surface area contributed by atoms with Crippen LogP contribution in [0.15, 0.2) is 24.3 Å². The Morgan fingerprint density at radius 1 is 1.09 bits per heavy atom. The normalized spacial score (nSPS) is 10.8. The van der Waals surface area contributed by atoms with Crippen molar-refractivity contribution in [3.8, 4) is 0 Å². The number of aromatic nitrogens is 2. The number of hydrogen-bond donors (Lipinski definition) is 2. The highest BCUT2D eigenvalue weighted by atomic mass is 15.1. The molecule has 118 valence electrons. The first-order chi connectivity index (χ1) is 10.5. The lowest BCUT2D eigenvalue weighted by atomic mass is 9.98. The molecule has 0 radical (unpaired) electrons. The minimum atomic E-state index is 0.461. The Balaban J connectivity index is 2.33. The van der Waals surface area contributed by atoms with Gasteiger partial charge in [0.25, 0.3) is 0 Å². The molecule has 0 fully saturated rings. The fourth-order valence-electron chi connectivity index (χ4n) is 2.45. The molecule has 4 nitrogen and oxygen atoms in total. The third-order valence-electron chi connectivity index (χ3n) is 3.57. The average Bonchev–Trinajstić information content (AvgIpc) is 2.46. The Bertz CT molecular complexity index is 635. The zero-order valence-electron chi connectivity index (χ0n) is 14.2. The molecule has 0 aliphatic rings. The number of nitrogens with zero attached hydrogens (tertiary/aromatic N) is 2. The van der Waals surface area contributed by atoms with Crippen LogP contribution in [0, 0.1) is 13.8 Å². The minimum absolute atomic E-state index is 0.461. The molecule has 0 spiro atoms. The van der Waals surface area contributed by atoms with Gasteiger partial charge in [-0.2, -0.15) is 0 Å². The van der Waals surface area contributed by atoms with Crippen molar-refractivity contribution in [3.05, 3.63) is 41.2 Å². The van der Waals surface area contributed by atoms with Crippen LogP contribution in [-0.4, -0.2) is 16.5 Å². The molecule has 2 rings (SSSR count). The summed E-state index contributed by atoms with van der Waals surface area (Å²) in [5.74, 6) is 2.94. The molecular weight excluding hydrogens is 272 g/mol. The standard InChI is InChI=1S/C18H26N4/c1-6-10-19-16-11-17(21-14(5)20-16)22-18-13(4)8-7-9-15(18)12(2)3/h7-9,11-12H,6,10H2,1-5H3,(H2,19,20,21,22). The van der Waals surface area contributed by atoms with Crippen LogP contribution in [0.25, 0.3) is 0 Å². The van der Waals surface area contributed by atoms with Gasteiger partial charge in [-0.1, -0.05) is 39.0 Å². The van der Waals surface area contributed by atoms with Crippen LogP contribution in [0.1, 0.15) is 50.1 Å². The van der Waals surface area contributed by atoms with Crippen molar-refractivity contribution in [2.75, 3.05) is 17.2 Å². The molecule has 0 saturated carbocycles. The second-order valence-corrected chi connectivity index (χ2v) is 5.93. The lowest BCUT2D eigenvalue weighted by molar-refractivity contribution is 0.867. The molecule has 2 aromatic rings. The van der Waals surface area contributed by atoms with Crippen molar-refractivity contribution in [2.24, 2.45) is 0 Å². The number of benzene rings is 1. The first kappa shape index (κ1) is 16.3. The summed E-state index contributed by atoms with van der Waals surface area (Å²) in [5.41, 5.74) is 3.68. The maximum Gasteiger partial charge on any atom is 0.136 e. The van der Waals surface area contributed by atoms with Gasteiger partial charge in [0, 0.05) is 18.3 Å². The van der Waals surface area contributed by atoms with Gasteiger partial charge in [0.05, 0.1) is 0 Å². The van der Waals surface area contributed by atoms with Gasteiger partial charge in [-0.3, -0.25) is 0 Å². The fourth-order valence-corrected chi connectivity index (χ4v) is 2.45. The Morgan fingerprint density at radius 2 is 1.82 bits per heavy atom. The summed E-state index contributed by atoms with van der Waals surface area (Å²) in [4.78, 5) is 8.95. The van der Waals surface area contributed by atoms with E-state index in [-0.39, 0.29) is 0 Å². The van der Waals surface area contributed by atoms with Gasteiger partial charge < -0.3 is 10.6 Å². The van der Waals surface area contributed by atoms with E-state index in [1.807, 2.05) is 13.0 Å². The third-order valence-corrected chi connectivity index (χ3v) is 3.57. The van der Waals surface area contributed by atoms with Gasteiger partial charge in [-0.25, -0.2) is 9.97 Å². The van der Waals surface area contributed by atoms with E-state index in [0.717, 1.165) is 36.1 Å². The van der Waals surface area contributed by atoms with Crippen LogP contribution in [-0.2, 0) is 0 Å². The molecule has 22 heavy (non-hydrogen) atoms. The first-order valence-corrected chi connectivity index (χ1v) is 7.97. The highest BCUT2D eigenvalue weighted by molar-refractivity contribution is 5.66. The van der Waals surface area contributed by atoms with E-state index in [0.29, 0.717) is 5.92 Å². The van der Waals surface area contributed by atoms with Crippen molar-refractivity contribution >= 4 is 17.3 Å². The Hall–Kier alpha value is -2.10. The van der Waals surface area contributed by atoms with E-state index in [4.69, 9.17) is 0 Å². The SMILES string of the molecule is CCCNc1cc(Nc2c(C)cccc2C(C)C)nc(C)n1. The van der Waals surface area contributed by atoms with Crippen LogP contribution in [0.4, 0.5) is 17.3 Å². The smallest absolute Gasteiger partial charge is 0.136 e. The summed E-state index contributed by atoms with van der Waals surface area (Å²) in [6.07, 6.45) is 1.07. The molecule has 0 saturated heterocycles. The summed E-state index contributed by atoms with van der Waals surface area (Å²) in [7, 11) is 0. The van der Waals surface area contributed by atoms with E-state index >= 15 is 0 Å². The van der Waals surface area contributed by atoms with E-state index < -0.39 is 0 Å². The summed E-state index contributed by atoms with van der Waals surface area (Å²) >= 11 is 0. The first-order valence-electron chi connectivity index (χ1n) is 7.97. The number of anilines is 3. The predicted molar refractivity (Wildman–Crippen MR) is 94.1 cm³/mol. The quantitative estimate of drug-likeness (QED) is 0.805. The second-order valence-electron chi connectivity index (χ2n) is 5.93. The highest BCUT2D eigenvalue weighted by Crippen LogP contribution is 2.30. The lowest BCUT2D eigenvalue weighted by Crippen LogP contribution is -2.07. The molecule has 2 N–H and O–H groups in total. The minimum Gasteiger partial charge on any atom is -0.370 e. The van der Waals surface area contributed by atoms with Crippen LogP contribution in [0.3, 0.4) is 0 Å². The van der Waals surface area contributed by atoms with Crippen molar-refractivity contribution in [1.29, 1.82) is 0 Å². The number of aryl methyl sites for hydroxylation is 2. The highest BCUT2D eigenvalue weighted by Gasteiger charge is 2.10. The molecule has 0 atom stereocenters. The van der Waals surface area contributed by atoms with Gasteiger partial charge in [0.15, 0.2) is 0 Å². The summed E-state index contributed by atoms with van der Waals surface area (Å²) < 4.78 is 0. The van der Waals surface area contributed by atoms with Crippen molar-refractivity contribution in [1.82, 2.24) is 9.97 Å². The zero-order chi connectivity index (χ0) is 16.1. The monoisotopic (exact) mass is 298 g/mol. The van der Waals surface area contributed by atoms with Crippen LogP contribution < -0.4 is 10.6 Å². The summed E-state index contributed by atoms with van der Waals surface area (Å²) in [6.45, 7) is 11.5. The molecule has 0 bridgehead atoms. The van der Waals surface area contributed by atoms with E-state index in [2.05, 4.69) is 66.5 Å². The van der Waals surface area contributed by atoms with Gasteiger partial charge in [0.2, 0.25) is 0 Å². The molecule has 1 aromatic carbocycles. The molecule has 4 heteroatoms. The number of rotatable bonds is 6. The van der Waals surface area contributed by atoms with Gasteiger partial charge in [0.1, 0.15) is 17.5 Å². The largest absolute Gasteiger partial charge is 0.370 e. The van der Waals surface area contributed by atoms with Crippen molar-refractivity contribution < 1.29 is 0 Å². The third kappa shape index (κ3) is 3.97. The Morgan fingerprint density at radius 3 is 2.50 bits per heavy atom. The molecule has 0 unspecified atom stereocenters. The topological polar surface area (TPSA) is 49.8 Å². The molecule has 1 aromatic heterocycles. The Labute approximate surface area is 133 Å². The summed E-state index contributed by atoms with van der Waals surface area (Å²) in [6, 6.07) is 8.37. The second kappa shape index (κ2) is 7.25. The molecular formula is C18H26N4. The van der Waals surface area contributed by atoms with Crippen LogP contribution in [0.5, 0.6) is 0 Å². The maximum absolute atomic E-state index is 4.52. The van der Waals surface area contributed by atoms with Gasteiger partial charge >= 0.3 is 0 Å². The number of hydrogen-bond acceptors (Lipinski definition) is 4. The van der Waals surface area contributed by atoms with Gasteiger partial charge in [-0.15, -0.1) is 0 Å². The lowest BCUT2D eigenvalue weighted by Gasteiger charge is -2.17. The molecule has 1 heterocycles. The van der Waals surface area contributed by atoms with E-state index in [1.54, 1.807) is 0 Å². The van der Waals surface area contributed by atoms with E-state index in [1.165, 1.54) is 11.1 Å². The van der Waals surface area contributed by atoms with Crippen molar-refractivity contribution in [3.63, 3.8) is 0 Å². The molecule has 0 aliphatic heterocycles. The predicted octanol–water partition coefficient (Wildman–Crippen LogP) is 4.78. The average molecular weight is 298 g/mol. The van der Waals surface area contributed by atoms with Crippen LogP contribution >= 0.6 is 0 Å². The Kier molecular flexibility index (Phi) is 5.36. The van der Waals surface area contributed by atoms with Crippen LogP contribution in [0.2, 0.25) is 0 Å². The van der Waals surface area contributed by atoms with Gasteiger partial charge in [-0.05, 0) is 37.3 Å². The summed E-state index contributed by atoms with van der Waals surface area (Å²) in [5, 5.41) is 6.81.